The minimum atomic E-state index is -3.55. The summed E-state index contributed by atoms with van der Waals surface area (Å²) < 4.78 is 32.7. The van der Waals surface area contributed by atoms with Gasteiger partial charge in [0.15, 0.2) is 0 Å². The third-order valence-corrected chi connectivity index (χ3v) is 7.00. The normalized spacial score (nSPS) is 17.2. The quantitative estimate of drug-likeness (QED) is 0.621. The van der Waals surface area contributed by atoms with E-state index < -0.39 is 10.0 Å². The van der Waals surface area contributed by atoms with Crippen molar-refractivity contribution in [3.05, 3.63) is 61.1 Å². The van der Waals surface area contributed by atoms with Crippen LogP contribution in [0.5, 0.6) is 0 Å². The first kappa shape index (κ1) is 20.4. The van der Waals surface area contributed by atoms with E-state index in [4.69, 9.17) is 4.74 Å². The molecular weight excluding hydrogens is 402 g/mol. The van der Waals surface area contributed by atoms with E-state index in [1.54, 1.807) is 54.3 Å². The molecule has 1 unspecified atom stereocenters. The van der Waals surface area contributed by atoms with E-state index >= 15 is 0 Å². The van der Waals surface area contributed by atoms with E-state index in [1.165, 1.54) is 0 Å². The Morgan fingerprint density at radius 2 is 1.87 bits per heavy atom. The van der Waals surface area contributed by atoms with Gasteiger partial charge in [0.2, 0.25) is 16.0 Å². The number of nitrogens with zero attached hydrogens (tertiary/aromatic N) is 4. The smallest absolute Gasteiger partial charge is 0.243 e. The highest BCUT2D eigenvalue weighted by Gasteiger charge is 2.35. The second-order valence-electron chi connectivity index (χ2n) is 7.02. The summed E-state index contributed by atoms with van der Waals surface area (Å²) in [5.74, 6) is 0.430. The first-order valence-corrected chi connectivity index (χ1v) is 11.1. The standard InChI is InChI=1S/C21H23N5O3S/c1-29-15-18-3-2-14-26(18)30(27,28)19-6-4-17(5-7-19)24-21-23-13-10-20(25-21)16-8-11-22-12-9-16/h4-13,18H,2-3,14-15H2,1H3,(H,23,24,25). The second kappa shape index (κ2) is 8.86. The van der Waals surface area contributed by atoms with Gasteiger partial charge in [-0.1, -0.05) is 0 Å². The molecule has 3 heterocycles. The summed E-state index contributed by atoms with van der Waals surface area (Å²) in [5, 5.41) is 3.13. The molecule has 1 aromatic carbocycles. The van der Waals surface area contributed by atoms with Gasteiger partial charge in [0.1, 0.15) is 0 Å². The maximum Gasteiger partial charge on any atom is 0.243 e. The maximum atomic E-state index is 13.0. The highest BCUT2D eigenvalue weighted by atomic mass is 32.2. The molecule has 4 rings (SSSR count). The highest BCUT2D eigenvalue weighted by molar-refractivity contribution is 7.89. The maximum absolute atomic E-state index is 13.0. The van der Waals surface area contributed by atoms with Crippen molar-refractivity contribution < 1.29 is 13.2 Å². The highest BCUT2D eigenvalue weighted by Crippen LogP contribution is 2.27. The average Bonchev–Trinajstić information content (AvgIpc) is 3.25. The summed E-state index contributed by atoms with van der Waals surface area (Å²) >= 11 is 0. The number of hydrogen-bond acceptors (Lipinski definition) is 7. The summed E-state index contributed by atoms with van der Waals surface area (Å²) in [4.78, 5) is 13.0. The van der Waals surface area contributed by atoms with Crippen LogP contribution in [0, 0.1) is 0 Å². The van der Waals surface area contributed by atoms with Crippen molar-refractivity contribution in [2.24, 2.45) is 0 Å². The fourth-order valence-electron chi connectivity index (χ4n) is 3.56. The summed E-state index contributed by atoms with van der Waals surface area (Å²) in [6.45, 7) is 0.927. The lowest BCUT2D eigenvalue weighted by Gasteiger charge is -2.23. The van der Waals surface area contributed by atoms with Crippen LogP contribution in [0.25, 0.3) is 11.3 Å². The van der Waals surface area contributed by atoms with Crippen molar-refractivity contribution in [2.75, 3.05) is 25.6 Å². The van der Waals surface area contributed by atoms with E-state index in [-0.39, 0.29) is 10.9 Å². The molecule has 3 aromatic rings. The van der Waals surface area contributed by atoms with Crippen LogP contribution in [0.2, 0.25) is 0 Å². The number of nitrogens with one attached hydrogen (secondary N) is 1. The number of ether oxygens (including phenoxy) is 1. The molecule has 9 heteroatoms. The Labute approximate surface area is 176 Å². The van der Waals surface area contributed by atoms with Crippen LogP contribution in [0.3, 0.4) is 0 Å². The molecule has 1 aliphatic heterocycles. The molecule has 8 nitrogen and oxygen atoms in total. The number of anilines is 2. The number of pyridine rings is 1. The molecule has 0 aliphatic carbocycles. The Balaban J connectivity index is 1.51. The topological polar surface area (TPSA) is 97.3 Å². The van der Waals surface area contributed by atoms with Gasteiger partial charge < -0.3 is 10.1 Å². The van der Waals surface area contributed by atoms with Gasteiger partial charge in [-0.05, 0) is 55.3 Å². The largest absolute Gasteiger partial charge is 0.383 e. The zero-order chi connectivity index (χ0) is 21.0. The van der Waals surface area contributed by atoms with Crippen molar-refractivity contribution in [1.29, 1.82) is 0 Å². The van der Waals surface area contributed by atoms with Crippen LogP contribution in [0.4, 0.5) is 11.6 Å². The van der Waals surface area contributed by atoms with E-state index in [0.717, 1.165) is 24.1 Å². The molecule has 2 aromatic heterocycles. The van der Waals surface area contributed by atoms with Crippen LogP contribution >= 0.6 is 0 Å². The van der Waals surface area contributed by atoms with Crippen molar-refractivity contribution in [3.8, 4) is 11.3 Å². The first-order valence-electron chi connectivity index (χ1n) is 9.69. The summed E-state index contributed by atoms with van der Waals surface area (Å²) in [6.07, 6.45) is 6.76. The molecule has 0 spiro atoms. The monoisotopic (exact) mass is 425 g/mol. The van der Waals surface area contributed by atoms with Crippen molar-refractivity contribution in [1.82, 2.24) is 19.3 Å². The summed E-state index contributed by atoms with van der Waals surface area (Å²) in [5.41, 5.74) is 2.41. The van der Waals surface area contributed by atoms with E-state index in [1.807, 2.05) is 18.2 Å². The number of aromatic nitrogens is 3. The average molecular weight is 426 g/mol. The minimum absolute atomic E-state index is 0.109. The van der Waals surface area contributed by atoms with Crippen LogP contribution in [0.1, 0.15) is 12.8 Å². The molecule has 0 bridgehead atoms. The van der Waals surface area contributed by atoms with E-state index in [9.17, 15) is 8.42 Å². The molecule has 0 radical (unpaired) electrons. The molecular formula is C21H23N5O3S. The number of sulfonamides is 1. The summed E-state index contributed by atoms with van der Waals surface area (Å²) in [6, 6.07) is 12.1. The Kier molecular flexibility index (Phi) is 6.03. The van der Waals surface area contributed by atoms with Crippen LogP contribution in [-0.2, 0) is 14.8 Å². The van der Waals surface area contributed by atoms with Gasteiger partial charge in [-0.25, -0.2) is 18.4 Å². The molecule has 0 saturated carbocycles. The Hall–Kier alpha value is -2.88. The van der Waals surface area contributed by atoms with Gasteiger partial charge in [-0.3, -0.25) is 4.98 Å². The van der Waals surface area contributed by atoms with Crippen molar-refractivity contribution >= 4 is 21.7 Å². The number of rotatable bonds is 7. The predicted octanol–water partition coefficient (Wildman–Crippen LogP) is 3.08. The molecule has 30 heavy (non-hydrogen) atoms. The van der Waals surface area contributed by atoms with Gasteiger partial charge in [0.05, 0.1) is 17.2 Å². The van der Waals surface area contributed by atoms with Crippen molar-refractivity contribution in [2.45, 2.75) is 23.8 Å². The molecule has 156 valence electrons. The molecule has 0 amide bonds. The second-order valence-corrected chi connectivity index (χ2v) is 8.91. The van der Waals surface area contributed by atoms with Crippen LogP contribution < -0.4 is 5.32 Å². The zero-order valence-corrected chi connectivity index (χ0v) is 17.4. The third kappa shape index (κ3) is 4.33. The fourth-order valence-corrected chi connectivity index (χ4v) is 5.24. The van der Waals surface area contributed by atoms with E-state index in [2.05, 4.69) is 20.3 Å². The van der Waals surface area contributed by atoms with Gasteiger partial charge in [0.25, 0.3) is 0 Å². The number of methoxy groups -OCH3 is 1. The lowest BCUT2D eigenvalue weighted by atomic mass is 10.2. The first-order chi connectivity index (χ1) is 14.6. The third-order valence-electron chi connectivity index (χ3n) is 5.03. The van der Waals surface area contributed by atoms with Crippen molar-refractivity contribution in [3.63, 3.8) is 0 Å². The minimum Gasteiger partial charge on any atom is -0.383 e. The van der Waals surface area contributed by atoms with E-state index in [0.29, 0.717) is 24.8 Å². The van der Waals surface area contributed by atoms with Gasteiger partial charge in [-0.15, -0.1) is 0 Å². The van der Waals surface area contributed by atoms with Crippen LogP contribution in [-0.4, -0.2) is 54.0 Å². The predicted molar refractivity (Wildman–Crippen MR) is 114 cm³/mol. The number of hydrogen-bond donors (Lipinski definition) is 1. The molecule has 1 saturated heterocycles. The molecule has 1 fully saturated rings. The molecule has 1 N–H and O–H groups in total. The Morgan fingerprint density at radius 3 is 2.60 bits per heavy atom. The lowest BCUT2D eigenvalue weighted by molar-refractivity contribution is 0.149. The Morgan fingerprint density at radius 1 is 1.10 bits per heavy atom. The van der Waals surface area contributed by atoms with Crippen LogP contribution in [0.15, 0.2) is 66.0 Å². The van der Waals surface area contributed by atoms with Gasteiger partial charge in [0, 0.05) is 49.5 Å². The SMILES string of the molecule is COCC1CCCN1S(=O)(=O)c1ccc(Nc2nccc(-c3ccncc3)n2)cc1. The fraction of sp³-hybridized carbons (Fsp3) is 0.286. The number of benzene rings is 1. The van der Waals surface area contributed by atoms with Gasteiger partial charge >= 0.3 is 0 Å². The Bertz CT molecular complexity index is 1090. The summed E-state index contributed by atoms with van der Waals surface area (Å²) in [7, 11) is -1.96. The van der Waals surface area contributed by atoms with Gasteiger partial charge in [-0.2, -0.15) is 4.31 Å². The molecule has 1 atom stereocenters. The molecule has 1 aliphatic rings. The zero-order valence-electron chi connectivity index (χ0n) is 16.6. The lowest BCUT2D eigenvalue weighted by Crippen LogP contribution is -2.38.